The molecule has 2 aromatic carbocycles. The highest BCUT2D eigenvalue weighted by Gasteiger charge is 2.33. The van der Waals surface area contributed by atoms with Crippen LogP contribution >= 0.6 is 24.0 Å². The Balaban J connectivity index is 1.69. The molecule has 0 bridgehead atoms. The molecular formula is C21H20N2O3S2. The number of thiocarbonyl (C=S) groups is 1. The topological polar surface area (TPSA) is 58.6 Å². The summed E-state index contributed by atoms with van der Waals surface area (Å²) in [6.45, 7) is 3.81. The highest BCUT2D eigenvalue weighted by atomic mass is 32.2. The summed E-state index contributed by atoms with van der Waals surface area (Å²) in [5, 5.41) is 2.85. The maximum absolute atomic E-state index is 12.7. The van der Waals surface area contributed by atoms with Gasteiger partial charge in [0.05, 0.1) is 12.0 Å². The van der Waals surface area contributed by atoms with Gasteiger partial charge in [-0.3, -0.25) is 14.5 Å². The summed E-state index contributed by atoms with van der Waals surface area (Å²) < 4.78 is 5.51. The largest absolute Gasteiger partial charge is 0.497 e. The first-order valence-electron chi connectivity index (χ1n) is 8.64. The van der Waals surface area contributed by atoms with Crippen LogP contribution in [0.5, 0.6) is 5.75 Å². The maximum Gasteiger partial charge on any atom is 0.266 e. The van der Waals surface area contributed by atoms with Crippen LogP contribution in [-0.2, 0) is 9.59 Å². The van der Waals surface area contributed by atoms with E-state index in [2.05, 4.69) is 5.32 Å². The van der Waals surface area contributed by atoms with E-state index in [9.17, 15) is 9.59 Å². The molecule has 0 unspecified atom stereocenters. The Labute approximate surface area is 173 Å². The lowest BCUT2D eigenvalue weighted by Crippen LogP contribution is -2.36. The molecule has 0 aliphatic carbocycles. The van der Waals surface area contributed by atoms with Crippen molar-refractivity contribution in [2.75, 3.05) is 19.0 Å². The van der Waals surface area contributed by atoms with Crippen molar-refractivity contribution >= 4 is 51.9 Å². The summed E-state index contributed by atoms with van der Waals surface area (Å²) in [7, 11) is 1.60. The molecule has 0 saturated carbocycles. The van der Waals surface area contributed by atoms with E-state index in [4.69, 9.17) is 17.0 Å². The fraction of sp³-hybridized carbons (Fsp3) is 0.190. The van der Waals surface area contributed by atoms with Crippen LogP contribution in [-0.4, -0.2) is 34.7 Å². The van der Waals surface area contributed by atoms with Gasteiger partial charge >= 0.3 is 0 Å². The summed E-state index contributed by atoms with van der Waals surface area (Å²) in [5.41, 5.74) is 3.69. The molecule has 1 aliphatic rings. The van der Waals surface area contributed by atoms with Gasteiger partial charge in [0.25, 0.3) is 5.91 Å². The molecule has 0 radical (unpaired) electrons. The van der Waals surface area contributed by atoms with Crippen LogP contribution in [0.25, 0.3) is 6.08 Å². The van der Waals surface area contributed by atoms with Gasteiger partial charge in [-0.1, -0.05) is 53.8 Å². The Hall–Kier alpha value is -2.64. The van der Waals surface area contributed by atoms with Crippen molar-refractivity contribution in [2.24, 2.45) is 0 Å². The number of rotatable bonds is 5. The number of carbonyl (C=O) groups excluding carboxylic acids is 2. The Kier molecular flexibility index (Phi) is 6.16. The third-order valence-corrected chi connectivity index (χ3v) is 5.62. The summed E-state index contributed by atoms with van der Waals surface area (Å²) in [5.74, 6) is 0.198. The first-order valence-corrected chi connectivity index (χ1v) is 9.86. The number of hydrogen-bond acceptors (Lipinski definition) is 5. The molecule has 5 nitrogen and oxygen atoms in total. The molecule has 3 rings (SSSR count). The summed E-state index contributed by atoms with van der Waals surface area (Å²) in [6, 6.07) is 13.1. The first-order chi connectivity index (χ1) is 13.4. The van der Waals surface area contributed by atoms with E-state index >= 15 is 0 Å². The second-order valence-corrected chi connectivity index (χ2v) is 8.08. The predicted molar refractivity (Wildman–Crippen MR) is 117 cm³/mol. The van der Waals surface area contributed by atoms with E-state index in [-0.39, 0.29) is 18.4 Å². The number of hydrogen-bond donors (Lipinski definition) is 1. The van der Waals surface area contributed by atoms with Crippen molar-refractivity contribution in [3.05, 3.63) is 64.1 Å². The van der Waals surface area contributed by atoms with Gasteiger partial charge in [-0.15, -0.1) is 0 Å². The molecule has 1 heterocycles. The van der Waals surface area contributed by atoms with Crippen LogP contribution in [0.1, 0.15) is 16.7 Å². The normalized spacial score (nSPS) is 15.2. The minimum absolute atomic E-state index is 0.113. The fourth-order valence-corrected chi connectivity index (χ4v) is 4.03. The van der Waals surface area contributed by atoms with Crippen LogP contribution in [0.4, 0.5) is 5.69 Å². The minimum atomic E-state index is -0.283. The number of amides is 2. The number of ether oxygens (including phenoxy) is 1. The van der Waals surface area contributed by atoms with Crippen molar-refractivity contribution in [3.8, 4) is 5.75 Å². The van der Waals surface area contributed by atoms with Crippen LogP contribution in [0.2, 0.25) is 0 Å². The van der Waals surface area contributed by atoms with Gasteiger partial charge in [0.1, 0.15) is 16.6 Å². The highest BCUT2D eigenvalue weighted by Crippen LogP contribution is 2.32. The van der Waals surface area contributed by atoms with Crippen LogP contribution in [0, 0.1) is 13.8 Å². The fourth-order valence-electron chi connectivity index (χ4n) is 2.77. The Morgan fingerprint density at radius 2 is 1.93 bits per heavy atom. The van der Waals surface area contributed by atoms with Crippen molar-refractivity contribution in [2.45, 2.75) is 13.8 Å². The number of anilines is 1. The summed E-state index contributed by atoms with van der Waals surface area (Å²) in [4.78, 5) is 26.9. The van der Waals surface area contributed by atoms with Crippen LogP contribution < -0.4 is 10.1 Å². The number of aryl methyl sites for hydroxylation is 2. The van der Waals surface area contributed by atoms with E-state index in [0.29, 0.717) is 9.23 Å². The lowest BCUT2D eigenvalue weighted by Gasteiger charge is -2.15. The zero-order valence-electron chi connectivity index (χ0n) is 15.8. The smallest absolute Gasteiger partial charge is 0.266 e. The Morgan fingerprint density at radius 1 is 1.21 bits per heavy atom. The molecule has 1 fully saturated rings. The average molecular weight is 413 g/mol. The molecular weight excluding hydrogens is 392 g/mol. The molecule has 0 spiro atoms. The van der Waals surface area contributed by atoms with E-state index in [1.807, 2.05) is 56.3 Å². The van der Waals surface area contributed by atoms with Gasteiger partial charge in [0.2, 0.25) is 5.91 Å². The van der Waals surface area contributed by atoms with E-state index in [1.165, 1.54) is 16.7 Å². The molecule has 28 heavy (non-hydrogen) atoms. The SMILES string of the molecule is COc1ccc(/C=C2/SC(=S)N(CC(=O)Nc3ccc(C)cc3C)C2=O)cc1. The van der Waals surface area contributed by atoms with Gasteiger partial charge in [-0.25, -0.2) is 0 Å². The molecule has 2 aromatic rings. The quantitative estimate of drug-likeness (QED) is 0.591. The van der Waals surface area contributed by atoms with Crippen molar-refractivity contribution in [3.63, 3.8) is 0 Å². The molecule has 1 aliphatic heterocycles. The number of benzene rings is 2. The molecule has 0 atom stereocenters. The number of carbonyl (C=O) groups is 2. The molecule has 1 saturated heterocycles. The van der Waals surface area contributed by atoms with E-state index < -0.39 is 0 Å². The standard InChI is InChI=1S/C21H20N2O3S2/c1-13-4-9-17(14(2)10-13)22-19(24)12-23-20(25)18(28-21(23)27)11-15-5-7-16(26-3)8-6-15/h4-11H,12H2,1-3H3,(H,22,24)/b18-11+. The summed E-state index contributed by atoms with van der Waals surface area (Å²) >= 11 is 6.50. The molecule has 144 valence electrons. The Morgan fingerprint density at radius 3 is 2.57 bits per heavy atom. The number of thioether (sulfide) groups is 1. The van der Waals surface area contributed by atoms with Gasteiger partial charge < -0.3 is 10.1 Å². The first kappa shape index (κ1) is 20.1. The second-order valence-electron chi connectivity index (χ2n) is 6.41. The maximum atomic E-state index is 12.7. The molecule has 2 amide bonds. The third kappa shape index (κ3) is 4.61. The second kappa shape index (κ2) is 8.58. The van der Waals surface area contributed by atoms with E-state index in [0.717, 1.165) is 28.1 Å². The zero-order valence-corrected chi connectivity index (χ0v) is 17.4. The van der Waals surface area contributed by atoms with Gasteiger partial charge in [0.15, 0.2) is 0 Å². The number of nitrogens with one attached hydrogen (secondary N) is 1. The lowest BCUT2D eigenvalue weighted by molar-refractivity contribution is -0.126. The Bertz CT molecular complexity index is 968. The van der Waals surface area contributed by atoms with Gasteiger partial charge in [-0.05, 0) is 49.2 Å². The monoisotopic (exact) mass is 412 g/mol. The lowest BCUT2D eigenvalue weighted by atomic mass is 10.1. The van der Waals surface area contributed by atoms with Crippen LogP contribution in [0.3, 0.4) is 0 Å². The molecule has 1 N–H and O–H groups in total. The van der Waals surface area contributed by atoms with E-state index in [1.54, 1.807) is 13.2 Å². The van der Waals surface area contributed by atoms with Gasteiger partial charge in [0, 0.05) is 5.69 Å². The third-order valence-electron chi connectivity index (χ3n) is 4.24. The van der Waals surface area contributed by atoms with Crippen molar-refractivity contribution in [1.82, 2.24) is 4.90 Å². The molecule has 7 heteroatoms. The predicted octanol–water partition coefficient (Wildman–Crippen LogP) is 4.15. The zero-order chi connectivity index (χ0) is 20.3. The van der Waals surface area contributed by atoms with Crippen LogP contribution in [0.15, 0.2) is 47.4 Å². The number of methoxy groups -OCH3 is 1. The number of nitrogens with zero attached hydrogens (tertiary/aromatic N) is 1. The van der Waals surface area contributed by atoms with Crippen molar-refractivity contribution < 1.29 is 14.3 Å². The average Bonchev–Trinajstić information content (AvgIpc) is 2.92. The van der Waals surface area contributed by atoms with Gasteiger partial charge in [-0.2, -0.15) is 0 Å². The minimum Gasteiger partial charge on any atom is -0.497 e. The van der Waals surface area contributed by atoms with Crippen molar-refractivity contribution in [1.29, 1.82) is 0 Å². The highest BCUT2D eigenvalue weighted by molar-refractivity contribution is 8.26. The molecule has 0 aromatic heterocycles. The summed E-state index contributed by atoms with van der Waals surface area (Å²) in [6.07, 6.45) is 1.76.